The molecule has 0 radical (unpaired) electrons. The molecule has 0 saturated heterocycles. The fourth-order valence-electron chi connectivity index (χ4n) is 7.39. The smallest absolute Gasteiger partial charge is 0.462 e. The van der Waals surface area contributed by atoms with Crippen LogP contribution in [0.15, 0.2) is 72.9 Å². The summed E-state index contributed by atoms with van der Waals surface area (Å²) in [6.07, 6.45) is 57.3. The number of allylic oxidation sites excluding steroid dienone is 12. The Labute approximate surface area is 427 Å². The molecule has 3 atom stereocenters. The standard InChI is InChI=1S/C58H101O11P/c1-4-7-10-13-16-19-22-24-26-27-29-31-34-37-40-43-46-49-58(62)69-55(51-65-56(60)47-44-41-38-35-32-21-18-15-12-9-6-3)53-67-70(63,64)66-52-54(50-59)68-57(61)48-45-42-39-36-33-30-28-25-23-20-17-14-11-8-5-2/h7,10,16,19,24-26,28-29,31,37,40,54-55,59H,4-6,8-9,11-15,17-18,20-23,27,30,32-36,38-39,41-53H2,1-3H3,(H,63,64)/b10-7-,19-16-,26-24-,28-25-,31-29-,40-37-. The molecule has 404 valence electrons. The molecule has 11 nitrogen and oxygen atoms in total. The third-order valence-corrected chi connectivity index (χ3v) is 12.6. The highest BCUT2D eigenvalue weighted by atomic mass is 31.2. The molecule has 0 rings (SSSR count). The second-order valence-electron chi connectivity index (χ2n) is 18.4. The Bertz CT molecular complexity index is 1450. The van der Waals surface area contributed by atoms with Crippen LogP contribution >= 0.6 is 7.82 Å². The molecule has 0 aliphatic carbocycles. The molecule has 3 unspecified atom stereocenters. The van der Waals surface area contributed by atoms with Crippen LogP contribution in [0, 0.1) is 0 Å². The molecule has 0 amide bonds. The largest absolute Gasteiger partial charge is 0.472 e. The van der Waals surface area contributed by atoms with Crippen LogP contribution in [-0.2, 0) is 42.2 Å². The minimum Gasteiger partial charge on any atom is -0.462 e. The van der Waals surface area contributed by atoms with E-state index in [2.05, 4.69) is 81.5 Å². The van der Waals surface area contributed by atoms with E-state index in [9.17, 15) is 28.9 Å². The minimum absolute atomic E-state index is 0.0886. The molecule has 12 heteroatoms. The van der Waals surface area contributed by atoms with E-state index in [0.717, 1.165) is 89.9 Å². The number of esters is 3. The summed E-state index contributed by atoms with van der Waals surface area (Å²) in [6.45, 7) is 4.45. The fourth-order valence-corrected chi connectivity index (χ4v) is 8.17. The van der Waals surface area contributed by atoms with Gasteiger partial charge in [-0.05, 0) is 83.5 Å². The van der Waals surface area contributed by atoms with Gasteiger partial charge in [-0.2, -0.15) is 0 Å². The molecular weight excluding hydrogens is 904 g/mol. The Balaban J connectivity index is 4.78. The van der Waals surface area contributed by atoms with Gasteiger partial charge in [0.05, 0.1) is 19.8 Å². The second-order valence-corrected chi connectivity index (χ2v) is 19.8. The zero-order valence-corrected chi connectivity index (χ0v) is 45.4. The summed E-state index contributed by atoms with van der Waals surface area (Å²) >= 11 is 0. The number of hydrogen-bond donors (Lipinski definition) is 2. The number of phosphoric acid groups is 1. The van der Waals surface area contributed by atoms with Gasteiger partial charge in [0, 0.05) is 19.3 Å². The summed E-state index contributed by atoms with van der Waals surface area (Å²) in [5.74, 6) is -1.54. The summed E-state index contributed by atoms with van der Waals surface area (Å²) < 4.78 is 39.4. The predicted octanol–water partition coefficient (Wildman–Crippen LogP) is 16.1. The molecule has 0 fully saturated rings. The van der Waals surface area contributed by atoms with Crippen LogP contribution in [0.1, 0.15) is 239 Å². The summed E-state index contributed by atoms with van der Waals surface area (Å²) in [7, 11) is -4.76. The van der Waals surface area contributed by atoms with Crippen molar-refractivity contribution in [2.45, 2.75) is 251 Å². The highest BCUT2D eigenvalue weighted by Crippen LogP contribution is 2.43. The van der Waals surface area contributed by atoms with Gasteiger partial charge < -0.3 is 24.2 Å². The Morgan fingerprint density at radius 2 is 0.757 bits per heavy atom. The van der Waals surface area contributed by atoms with Crippen molar-refractivity contribution in [1.82, 2.24) is 0 Å². The number of rotatable bonds is 51. The third-order valence-electron chi connectivity index (χ3n) is 11.6. The van der Waals surface area contributed by atoms with Crippen molar-refractivity contribution < 1.29 is 52.2 Å². The zero-order chi connectivity index (χ0) is 51.3. The van der Waals surface area contributed by atoms with Crippen molar-refractivity contribution in [2.75, 3.05) is 26.4 Å². The first-order chi connectivity index (χ1) is 34.2. The average Bonchev–Trinajstić information content (AvgIpc) is 3.35. The van der Waals surface area contributed by atoms with E-state index in [-0.39, 0.29) is 25.9 Å². The summed E-state index contributed by atoms with van der Waals surface area (Å²) in [6, 6.07) is 0. The maximum Gasteiger partial charge on any atom is 0.472 e. The molecule has 70 heavy (non-hydrogen) atoms. The van der Waals surface area contributed by atoms with Crippen molar-refractivity contribution in [3.05, 3.63) is 72.9 Å². The lowest BCUT2D eigenvalue weighted by molar-refractivity contribution is -0.161. The van der Waals surface area contributed by atoms with Gasteiger partial charge in [0.25, 0.3) is 0 Å². The Hall–Kier alpha value is -3.08. The Morgan fingerprint density at radius 1 is 0.414 bits per heavy atom. The summed E-state index contributed by atoms with van der Waals surface area (Å²) in [4.78, 5) is 48.4. The maximum absolute atomic E-state index is 12.9. The minimum atomic E-state index is -4.76. The number of aliphatic hydroxyl groups excluding tert-OH is 1. The molecule has 0 aliphatic rings. The second kappa shape index (κ2) is 52.2. The maximum atomic E-state index is 12.9. The number of carbonyl (C=O) groups excluding carboxylic acids is 3. The lowest BCUT2D eigenvalue weighted by Gasteiger charge is -2.21. The first-order valence-electron chi connectivity index (χ1n) is 27.8. The molecule has 0 saturated carbocycles. The average molecular weight is 1010 g/mol. The van der Waals surface area contributed by atoms with Crippen LogP contribution in [0.5, 0.6) is 0 Å². The van der Waals surface area contributed by atoms with Gasteiger partial charge in [-0.1, -0.05) is 209 Å². The van der Waals surface area contributed by atoms with Crippen molar-refractivity contribution in [3.8, 4) is 0 Å². The normalized spacial score (nSPS) is 14.0. The number of ether oxygens (including phenoxy) is 3. The fraction of sp³-hybridized carbons (Fsp3) is 0.741. The molecule has 0 aromatic rings. The number of carbonyl (C=O) groups is 3. The number of unbranched alkanes of at least 4 members (excludes halogenated alkanes) is 22. The topological polar surface area (TPSA) is 155 Å². The van der Waals surface area contributed by atoms with E-state index >= 15 is 0 Å². The van der Waals surface area contributed by atoms with Gasteiger partial charge in [-0.25, -0.2) is 4.57 Å². The van der Waals surface area contributed by atoms with Crippen molar-refractivity contribution in [1.29, 1.82) is 0 Å². The van der Waals surface area contributed by atoms with Crippen molar-refractivity contribution in [2.24, 2.45) is 0 Å². The van der Waals surface area contributed by atoms with E-state index < -0.39 is 57.8 Å². The van der Waals surface area contributed by atoms with Crippen LogP contribution in [0.25, 0.3) is 0 Å². The van der Waals surface area contributed by atoms with Crippen molar-refractivity contribution >= 4 is 25.7 Å². The summed E-state index contributed by atoms with van der Waals surface area (Å²) in [5, 5.41) is 9.80. The van der Waals surface area contributed by atoms with E-state index in [4.69, 9.17) is 23.3 Å². The molecule has 0 bridgehead atoms. The van der Waals surface area contributed by atoms with Gasteiger partial charge in [0.15, 0.2) is 6.10 Å². The molecular formula is C58H101O11P. The molecule has 0 aromatic carbocycles. The third kappa shape index (κ3) is 49.9. The summed E-state index contributed by atoms with van der Waals surface area (Å²) in [5.41, 5.74) is 0. The Morgan fingerprint density at radius 3 is 1.21 bits per heavy atom. The van der Waals surface area contributed by atoms with Crippen LogP contribution in [0.3, 0.4) is 0 Å². The van der Waals surface area contributed by atoms with E-state index in [1.807, 2.05) is 12.2 Å². The highest BCUT2D eigenvalue weighted by molar-refractivity contribution is 7.47. The van der Waals surface area contributed by atoms with E-state index in [1.165, 1.54) is 83.5 Å². The molecule has 0 spiro atoms. The van der Waals surface area contributed by atoms with Gasteiger partial charge >= 0.3 is 25.7 Å². The first kappa shape index (κ1) is 66.9. The number of hydrogen-bond acceptors (Lipinski definition) is 10. The van der Waals surface area contributed by atoms with Crippen LogP contribution < -0.4 is 0 Å². The monoisotopic (exact) mass is 1000 g/mol. The van der Waals surface area contributed by atoms with Gasteiger partial charge in [0.1, 0.15) is 12.7 Å². The van der Waals surface area contributed by atoms with Gasteiger partial charge in [-0.3, -0.25) is 23.4 Å². The zero-order valence-electron chi connectivity index (χ0n) is 44.5. The lowest BCUT2D eigenvalue weighted by Crippen LogP contribution is -2.30. The number of aliphatic hydroxyl groups is 1. The van der Waals surface area contributed by atoms with Gasteiger partial charge in [0.2, 0.25) is 0 Å². The lowest BCUT2D eigenvalue weighted by atomic mass is 10.1. The van der Waals surface area contributed by atoms with Crippen LogP contribution in [0.2, 0.25) is 0 Å². The number of phosphoric ester groups is 1. The Kier molecular flexibility index (Phi) is 50.0. The quantitative estimate of drug-likeness (QED) is 0.0197. The molecule has 0 aromatic heterocycles. The first-order valence-corrected chi connectivity index (χ1v) is 29.3. The van der Waals surface area contributed by atoms with Gasteiger partial charge in [-0.15, -0.1) is 0 Å². The van der Waals surface area contributed by atoms with E-state index in [1.54, 1.807) is 0 Å². The highest BCUT2D eigenvalue weighted by Gasteiger charge is 2.28. The van der Waals surface area contributed by atoms with Crippen LogP contribution in [-0.4, -0.2) is 66.5 Å². The molecule has 0 aliphatic heterocycles. The SMILES string of the molecule is CC/C=C\C/C=C\C/C=C\C/C=C\C/C=C\CCCC(=O)OC(COC(=O)CCCCCCCCCCCCC)COP(=O)(O)OCC(CO)OC(=O)CCCCCCC/C=C\CCCCCCCC. The van der Waals surface area contributed by atoms with E-state index in [0.29, 0.717) is 25.7 Å². The molecule has 0 heterocycles. The molecule has 2 N–H and O–H groups in total. The predicted molar refractivity (Wildman–Crippen MR) is 288 cm³/mol. The van der Waals surface area contributed by atoms with Crippen molar-refractivity contribution in [3.63, 3.8) is 0 Å². The van der Waals surface area contributed by atoms with Crippen LogP contribution in [0.4, 0.5) is 0 Å².